The number of sulfone groups is 2. The number of hydrogen-bond donors (Lipinski definition) is 1. The highest BCUT2D eigenvalue weighted by molar-refractivity contribution is 7.91. The Balaban J connectivity index is 1.21. The average molecular weight is 519 g/mol. The number of rotatable bonds is 9. The number of benzene rings is 2. The molecule has 2 heterocycles. The van der Waals surface area contributed by atoms with Gasteiger partial charge in [0.1, 0.15) is 0 Å². The molecule has 0 aliphatic carbocycles. The molecule has 1 aromatic heterocycles. The molecule has 0 spiro atoms. The highest BCUT2D eigenvalue weighted by atomic mass is 32.2. The van der Waals surface area contributed by atoms with Crippen LogP contribution in [0.4, 0.5) is 5.69 Å². The van der Waals surface area contributed by atoms with Crippen molar-refractivity contribution in [3.63, 3.8) is 0 Å². The lowest BCUT2D eigenvalue weighted by Gasteiger charge is -2.31. The molecule has 0 radical (unpaired) electrons. The van der Waals surface area contributed by atoms with Crippen molar-refractivity contribution in [2.45, 2.75) is 29.1 Å². The summed E-state index contributed by atoms with van der Waals surface area (Å²) in [4.78, 5) is 7.50. The molecule has 35 heavy (non-hydrogen) atoms. The second-order valence-electron chi connectivity index (χ2n) is 9.02. The Labute approximate surface area is 206 Å². The van der Waals surface area contributed by atoms with Crippen LogP contribution in [0.25, 0.3) is 11.4 Å². The third-order valence-corrected chi connectivity index (χ3v) is 8.48. The molecule has 0 amide bonds. The molecule has 0 saturated carbocycles. The normalized spacial score (nSPS) is 15.8. The van der Waals surface area contributed by atoms with Gasteiger partial charge in [-0.25, -0.2) is 16.8 Å². The quantitative estimate of drug-likeness (QED) is 0.455. The van der Waals surface area contributed by atoms with Gasteiger partial charge in [-0.15, -0.1) is 0 Å². The fourth-order valence-corrected chi connectivity index (χ4v) is 5.41. The number of nitrogens with one attached hydrogen (secondary N) is 1. The summed E-state index contributed by atoms with van der Waals surface area (Å²) in [6, 6.07) is 13.3. The maximum absolute atomic E-state index is 11.6. The van der Waals surface area contributed by atoms with Crippen LogP contribution in [-0.2, 0) is 26.1 Å². The third kappa shape index (κ3) is 6.89. The maximum atomic E-state index is 11.6. The maximum Gasteiger partial charge on any atom is 0.227 e. The number of anilines is 1. The van der Waals surface area contributed by atoms with Crippen molar-refractivity contribution in [3.05, 3.63) is 54.4 Å². The fraction of sp³-hybridized carbons (Fsp3) is 0.417. The zero-order valence-electron chi connectivity index (χ0n) is 19.8. The molecule has 188 valence electrons. The van der Waals surface area contributed by atoms with Gasteiger partial charge in [-0.2, -0.15) is 4.98 Å². The second kappa shape index (κ2) is 10.5. The number of hydrogen-bond acceptors (Lipinski definition) is 9. The van der Waals surface area contributed by atoms with E-state index in [4.69, 9.17) is 4.52 Å². The van der Waals surface area contributed by atoms with Gasteiger partial charge in [-0.05, 0) is 80.4 Å². The molecule has 1 N–H and O–H groups in total. The minimum Gasteiger partial charge on any atom is -0.384 e. The Morgan fingerprint density at radius 3 is 2.06 bits per heavy atom. The monoisotopic (exact) mass is 518 g/mol. The first-order valence-corrected chi connectivity index (χ1v) is 15.3. The van der Waals surface area contributed by atoms with Crippen LogP contribution in [0.2, 0.25) is 0 Å². The Morgan fingerprint density at radius 2 is 1.49 bits per heavy atom. The summed E-state index contributed by atoms with van der Waals surface area (Å²) in [5.41, 5.74) is 1.63. The lowest BCUT2D eigenvalue weighted by Crippen LogP contribution is -2.37. The van der Waals surface area contributed by atoms with Crippen molar-refractivity contribution in [2.75, 3.05) is 44.0 Å². The highest BCUT2D eigenvalue weighted by Gasteiger charge is 2.22. The van der Waals surface area contributed by atoms with Gasteiger partial charge in [-0.3, -0.25) is 0 Å². The van der Waals surface area contributed by atoms with E-state index in [0.717, 1.165) is 56.7 Å². The van der Waals surface area contributed by atoms with E-state index in [1.54, 1.807) is 48.5 Å². The van der Waals surface area contributed by atoms with E-state index in [1.165, 1.54) is 12.5 Å². The number of aromatic nitrogens is 2. The molecule has 0 atom stereocenters. The standard InChI is InChI=1S/C24H30N4O5S2/c1-34(29,30)21-7-3-19(4-8-21)24-26-23(33-27-24)17-18-11-14-28(15-12-18)16-13-25-20-5-9-22(10-6-20)35(2,31)32/h3-10,18,25H,11-17H2,1-2H3. The summed E-state index contributed by atoms with van der Waals surface area (Å²) in [5, 5.41) is 7.41. The molecule has 1 aliphatic heterocycles. The van der Waals surface area contributed by atoms with E-state index in [1.807, 2.05) is 0 Å². The van der Waals surface area contributed by atoms with Gasteiger partial charge >= 0.3 is 0 Å². The van der Waals surface area contributed by atoms with Gasteiger partial charge in [-0.1, -0.05) is 5.16 Å². The molecule has 3 aromatic rings. The van der Waals surface area contributed by atoms with Crippen LogP contribution >= 0.6 is 0 Å². The second-order valence-corrected chi connectivity index (χ2v) is 13.1. The zero-order chi connectivity index (χ0) is 25.1. The number of nitrogens with zero attached hydrogens (tertiary/aromatic N) is 3. The van der Waals surface area contributed by atoms with Crippen LogP contribution in [0.3, 0.4) is 0 Å². The molecule has 9 nitrogen and oxygen atoms in total. The third-order valence-electron chi connectivity index (χ3n) is 6.22. The van der Waals surface area contributed by atoms with E-state index in [2.05, 4.69) is 20.4 Å². The Bertz CT molecular complexity index is 1340. The molecular weight excluding hydrogens is 488 g/mol. The predicted octanol–water partition coefficient (Wildman–Crippen LogP) is 2.91. The SMILES string of the molecule is CS(=O)(=O)c1ccc(NCCN2CCC(Cc3nc(-c4ccc(S(C)(=O)=O)cc4)no3)CC2)cc1. The lowest BCUT2D eigenvalue weighted by molar-refractivity contribution is 0.183. The Morgan fingerprint density at radius 1 is 0.914 bits per heavy atom. The molecule has 1 aliphatic rings. The largest absolute Gasteiger partial charge is 0.384 e. The van der Waals surface area contributed by atoms with Crippen molar-refractivity contribution >= 4 is 25.4 Å². The zero-order valence-corrected chi connectivity index (χ0v) is 21.5. The molecule has 4 rings (SSSR count). The van der Waals surface area contributed by atoms with Crippen LogP contribution in [0.15, 0.2) is 62.8 Å². The van der Waals surface area contributed by atoms with Gasteiger partial charge in [0.05, 0.1) is 9.79 Å². The summed E-state index contributed by atoms with van der Waals surface area (Å²) < 4.78 is 51.8. The molecule has 0 bridgehead atoms. The van der Waals surface area contributed by atoms with Crippen LogP contribution in [0, 0.1) is 5.92 Å². The van der Waals surface area contributed by atoms with Crippen LogP contribution in [0.5, 0.6) is 0 Å². The summed E-state index contributed by atoms with van der Waals surface area (Å²) in [6.07, 6.45) is 5.20. The summed E-state index contributed by atoms with van der Waals surface area (Å²) >= 11 is 0. The van der Waals surface area contributed by atoms with E-state index < -0.39 is 19.7 Å². The Kier molecular flexibility index (Phi) is 7.58. The van der Waals surface area contributed by atoms with Crippen molar-refractivity contribution < 1.29 is 21.4 Å². The Hall–Kier alpha value is -2.76. The van der Waals surface area contributed by atoms with Crippen LogP contribution in [-0.4, -0.2) is 70.6 Å². The van der Waals surface area contributed by atoms with Gasteiger partial charge < -0.3 is 14.7 Å². The molecule has 2 aromatic carbocycles. The van der Waals surface area contributed by atoms with Gasteiger partial charge in [0.2, 0.25) is 11.7 Å². The lowest BCUT2D eigenvalue weighted by atomic mass is 9.93. The first-order valence-electron chi connectivity index (χ1n) is 11.5. The molecule has 11 heteroatoms. The van der Waals surface area contributed by atoms with Crippen molar-refractivity contribution in [3.8, 4) is 11.4 Å². The summed E-state index contributed by atoms with van der Waals surface area (Å²) in [7, 11) is -6.41. The van der Waals surface area contributed by atoms with Crippen molar-refractivity contribution in [1.29, 1.82) is 0 Å². The molecule has 0 unspecified atom stereocenters. The predicted molar refractivity (Wildman–Crippen MR) is 134 cm³/mol. The van der Waals surface area contributed by atoms with E-state index in [9.17, 15) is 16.8 Å². The van der Waals surface area contributed by atoms with E-state index in [0.29, 0.717) is 22.5 Å². The minimum atomic E-state index is -3.24. The smallest absolute Gasteiger partial charge is 0.227 e. The van der Waals surface area contributed by atoms with Crippen LogP contribution in [0.1, 0.15) is 18.7 Å². The fourth-order valence-electron chi connectivity index (χ4n) is 4.15. The van der Waals surface area contributed by atoms with Gasteiger partial charge in [0.25, 0.3) is 0 Å². The average Bonchev–Trinajstić information content (AvgIpc) is 3.28. The minimum absolute atomic E-state index is 0.261. The number of likely N-dealkylation sites (tertiary alicyclic amines) is 1. The van der Waals surface area contributed by atoms with E-state index >= 15 is 0 Å². The van der Waals surface area contributed by atoms with E-state index in [-0.39, 0.29) is 4.90 Å². The first kappa shape index (κ1) is 25.3. The van der Waals surface area contributed by atoms with Crippen molar-refractivity contribution in [2.24, 2.45) is 5.92 Å². The highest BCUT2D eigenvalue weighted by Crippen LogP contribution is 2.24. The van der Waals surface area contributed by atoms with Crippen LogP contribution < -0.4 is 5.32 Å². The molecular formula is C24H30N4O5S2. The summed E-state index contributed by atoms with van der Waals surface area (Å²) in [5.74, 6) is 1.54. The topological polar surface area (TPSA) is 122 Å². The molecule has 1 fully saturated rings. The first-order chi connectivity index (χ1) is 16.6. The number of piperidine rings is 1. The van der Waals surface area contributed by atoms with Gasteiger partial charge in [0, 0.05) is 43.3 Å². The summed E-state index contributed by atoms with van der Waals surface area (Å²) in [6.45, 7) is 3.68. The van der Waals surface area contributed by atoms with Crippen molar-refractivity contribution in [1.82, 2.24) is 15.0 Å². The molecule has 1 saturated heterocycles. The van der Waals surface area contributed by atoms with Gasteiger partial charge in [0.15, 0.2) is 19.7 Å².